The SMILES string of the molecule is Cc1ccc(C(O)Cc2ccn(C)n2)cn1. The number of aliphatic hydroxyl groups is 1. The lowest BCUT2D eigenvalue weighted by molar-refractivity contribution is 0.176. The Labute approximate surface area is 94.6 Å². The van der Waals surface area contributed by atoms with Crippen LogP contribution in [0.1, 0.15) is 23.1 Å². The van der Waals surface area contributed by atoms with E-state index in [-0.39, 0.29) is 0 Å². The number of hydrogen-bond acceptors (Lipinski definition) is 3. The Kier molecular flexibility index (Phi) is 3.01. The molecule has 1 unspecified atom stereocenters. The van der Waals surface area contributed by atoms with Gasteiger partial charge in [0.1, 0.15) is 0 Å². The van der Waals surface area contributed by atoms with E-state index in [0.717, 1.165) is 17.0 Å². The van der Waals surface area contributed by atoms with Gasteiger partial charge in [-0.1, -0.05) is 6.07 Å². The van der Waals surface area contributed by atoms with Crippen molar-refractivity contribution in [3.05, 3.63) is 47.5 Å². The van der Waals surface area contributed by atoms with Gasteiger partial charge < -0.3 is 5.11 Å². The Morgan fingerprint density at radius 2 is 2.19 bits per heavy atom. The summed E-state index contributed by atoms with van der Waals surface area (Å²) in [6, 6.07) is 5.71. The molecule has 0 saturated heterocycles. The molecule has 0 fully saturated rings. The third-order valence-electron chi connectivity index (χ3n) is 2.49. The van der Waals surface area contributed by atoms with Crippen LogP contribution in [0.4, 0.5) is 0 Å². The zero-order valence-corrected chi connectivity index (χ0v) is 9.46. The highest BCUT2D eigenvalue weighted by atomic mass is 16.3. The molecule has 0 aliphatic rings. The molecule has 1 atom stereocenters. The molecular weight excluding hydrogens is 202 g/mol. The van der Waals surface area contributed by atoms with E-state index in [1.807, 2.05) is 38.4 Å². The van der Waals surface area contributed by atoms with Crippen LogP contribution in [0.2, 0.25) is 0 Å². The second-order valence-electron chi connectivity index (χ2n) is 3.93. The number of nitrogens with zero attached hydrogens (tertiary/aromatic N) is 3. The van der Waals surface area contributed by atoms with Crippen molar-refractivity contribution in [3.63, 3.8) is 0 Å². The lowest BCUT2D eigenvalue weighted by Gasteiger charge is -2.08. The minimum atomic E-state index is -0.539. The molecule has 4 nitrogen and oxygen atoms in total. The van der Waals surface area contributed by atoms with Crippen LogP contribution in [0.25, 0.3) is 0 Å². The zero-order valence-electron chi connectivity index (χ0n) is 9.46. The molecule has 0 radical (unpaired) electrons. The molecule has 4 heteroatoms. The molecule has 16 heavy (non-hydrogen) atoms. The third-order valence-corrected chi connectivity index (χ3v) is 2.49. The summed E-state index contributed by atoms with van der Waals surface area (Å²) >= 11 is 0. The molecule has 84 valence electrons. The van der Waals surface area contributed by atoms with Crippen LogP contribution in [0, 0.1) is 6.92 Å². The summed E-state index contributed by atoms with van der Waals surface area (Å²) in [7, 11) is 1.86. The number of aliphatic hydroxyl groups excluding tert-OH is 1. The average molecular weight is 217 g/mol. The van der Waals surface area contributed by atoms with Crippen molar-refractivity contribution in [3.8, 4) is 0 Å². The van der Waals surface area contributed by atoms with E-state index in [4.69, 9.17) is 0 Å². The molecule has 0 aliphatic heterocycles. The Balaban J connectivity index is 2.08. The third kappa shape index (κ3) is 2.46. The standard InChI is InChI=1S/C12H15N3O/c1-9-3-4-10(8-13-9)12(16)7-11-5-6-15(2)14-11/h3-6,8,12,16H,7H2,1-2H3. The van der Waals surface area contributed by atoms with E-state index in [0.29, 0.717) is 6.42 Å². The van der Waals surface area contributed by atoms with Crippen molar-refractivity contribution < 1.29 is 5.11 Å². The molecule has 0 spiro atoms. The molecule has 2 aromatic rings. The van der Waals surface area contributed by atoms with Crippen LogP contribution in [0.15, 0.2) is 30.6 Å². The molecule has 0 aromatic carbocycles. The maximum atomic E-state index is 9.98. The minimum Gasteiger partial charge on any atom is -0.388 e. The topological polar surface area (TPSA) is 50.9 Å². The summed E-state index contributed by atoms with van der Waals surface area (Å²) in [5, 5.41) is 14.2. The van der Waals surface area contributed by atoms with Gasteiger partial charge in [-0.05, 0) is 24.6 Å². The summed E-state index contributed by atoms with van der Waals surface area (Å²) in [5.74, 6) is 0. The fourth-order valence-electron chi connectivity index (χ4n) is 1.56. The highest BCUT2D eigenvalue weighted by molar-refractivity contribution is 5.17. The number of aryl methyl sites for hydroxylation is 2. The van der Waals surface area contributed by atoms with E-state index in [1.165, 1.54) is 0 Å². The van der Waals surface area contributed by atoms with Crippen LogP contribution < -0.4 is 0 Å². The highest BCUT2D eigenvalue weighted by Crippen LogP contribution is 2.16. The van der Waals surface area contributed by atoms with Crippen LogP contribution >= 0.6 is 0 Å². The average Bonchev–Trinajstić information content (AvgIpc) is 2.65. The van der Waals surface area contributed by atoms with Crippen molar-refractivity contribution in [2.24, 2.45) is 7.05 Å². The molecule has 0 aliphatic carbocycles. The zero-order chi connectivity index (χ0) is 11.5. The maximum Gasteiger partial charge on any atom is 0.0861 e. The molecule has 0 saturated carbocycles. The Morgan fingerprint density at radius 3 is 2.75 bits per heavy atom. The van der Waals surface area contributed by atoms with Gasteiger partial charge in [0, 0.05) is 31.6 Å². The smallest absolute Gasteiger partial charge is 0.0861 e. The van der Waals surface area contributed by atoms with Crippen molar-refractivity contribution in [1.82, 2.24) is 14.8 Å². The predicted octanol–water partition coefficient (Wildman–Crippen LogP) is 1.40. The van der Waals surface area contributed by atoms with Gasteiger partial charge in [-0.15, -0.1) is 0 Å². The first-order valence-corrected chi connectivity index (χ1v) is 5.24. The fourth-order valence-corrected chi connectivity index (χ4v) is 1.56. The Morgan fingerprint density at radius 1 is 1.38 bits per heavy atom. The first kappa shape index (κ1) is 10.8. The Bertz CT molecular complexity index is 461. The van der Waals surface area contributed by atoms with E-state index >= 15 is 0 Å². The van der Waals surface area contributed by atoms with Crippen molar-refractivity contribution in [1.29, 1.82) is 0 Å². The van der Waals surface area contributed by atoms with Crippen molar-refractivity contribution in [2.75, 3.05) is 0 Å². The van der Waals surface area contributed by atoms with Gasteiger partial charge in [0.15, 0.2) is 0 Å². The van der Waals surface area contributed by atoms with Crippen molar-refractivity contribution >= 4 is 0 Å². The number of hydrogen-bond donors (Lipinski definition) is 1. The normalized spacial score (nSPS) is 12.7. The monoisotopic (exact) mass is 217 g/mol. The lowest BCUT2D eigenvalue weighted by atomic mass is 10.1. The maximum absolute atomic E-state index is 9.98. The molecule has 2 aromatic heterocycles. The highest BCUT2D eigenvalue weighted by Gasteiger charge is 2.10. The van der Waals surface area contributed by atoms with Gasteiger partial charge in [0.25, 0.3) is 0 Å². The molecule has 0 bridgehead atoms. The van der Waals surface area contributed by atoms with Crippen LogP contribution in [-0.2, 0) is 13.5 Å². The van der Waals surface area contributed by atoms with Crippen LogP contribution in [0.3, 0.4) is 0 Å². The molecular formula is C12H15N3O. The Hall–Kier alpha value is -1.68. The largest absolute Gasteiger partial charge is 0.388 e. The second kappa shape index (κ2) is 4.45. The minimum absolute atomic E-state index is 0.519. The van der Waals surface area contributed by atoms with E-state index in [9.17, 15) is 5.11 Å². The van der Waals surface area contributed by atoms with Gasteiger partial charge in [0.05, 0.1) is 11.8 Å². The van der Waals surface area contributed by atoms with Crippen molar-refractivity contribution in [2.45, 2.75) is 19.4 Å². The van der Waals surface area contributed by atoms with Gasteiger partial charge in [-0.25, -0.2) is 0 Å². The first-order valence-electron chi connectivity index (χ1n) is 5.24. The van der Waals surface area contributed by atoms with Crippen LogP contribution in [-0.4, -0.2) is 19.9 Å². The quantitative estimate of drug-likeness (QED) is 0.845. The molecule has 1 N–H and O–H groups in total. The van der Waals surface area contributed by atoms with Gasteiger partial charge in [0.2, 0.25) is 0 Å². The molecule has 0 amide bonds. The summed E-state index contributed by atoms with van der Waals surface area (Å²) in [6.45, 7) is 1.93. The van der Waals surface area contributed by atoms with Gasteiger partial charge in [-0.2, -0.15) is 5.10 Å². The number of pyridine rings is 1. The van der Waals surface area contributed by atoms with E-state index in [2.05, 4.69) is 10.1 Å². The van der Waals surface area contributed by atoms with Gasteiger partial charge in [-0.3, -0.25) is 9.67 Å². The molecule has 2 rings (SSSR count). The summed E-state index contributed by atoms with van der Waals surface area (Å²) in [6.07, 6.45) is 3.56. The second-order valence-corrected chi connectivity index (χ2v) is 3.93. The lowest BCUT2D eigenvalue weighted by Crippen LogP contribution is -2.03. The summed E-state index contributed by atoms with van der Waals surface area (Å²) in [5.41, 5.74) is 2.67. The van der Waals surface area contributed by atoms with Gasteiger partial charge >= 0.3 is 0 Å². The summed E-state index contributed by atoms with van der Waals surface area (Å²) < 4.78 is 1.73. The van der Waals surface area contributed by atoms with Crippen LogP contribution in [0.5, 0.6) is 0 Å². The number of aromatic nitrogens is 3. The fraction of sp³-hybridized carbons (Fsp3) is 0.333. The first-order chi connectivity index (χ1) is 7.65. The van der Waals surface area contributed by atoms with E-state index in [1.54, 1.807) is 10.9 Å². The number of rotatable bonds is 3. The summed E-state index contributed by atoms with van der Waals surface area (Å²) in [4.78, 5) is 4.16. The predicted molar refractivity (Wildman–Crippen MR) is 60.8 cm³/mol. The van der Waals surface area contributed by atoms with E-state index < -0.39 is 6.10 Å². The molecule has 2 heterocycles.